The van der Waals surface area contributed by atoms with Crippen molar-refractivity contribution in [2.24, 2.45) is 5.73 Å². The molecule has 0 radical (unpaired) electrons. The van der Waals surface area contributed by atoms with Crippen molar-refractivity contribution in [3.63, 3.8) is 0 Å². The van der Waals surface area contributed by atoms with Crippen molar-refractivity contribution in [2.75, 3.05) is 13.2 Å². The SMILES string of the molecule is Cl.NCCOc1ncncn1. The predicted octanol–water partition coefficient (Wildman–Crippen LogP) is -0.369. The van der Waals surface area contributed by atoms with Crippen LogP contribution in [0.5, 0.6) is 6.01 Å². The zero-order chi connectivity index (χ0) is 7.23. The van der Waals surface area contributed by atoms with Crippen molar-refractivity contribution < 1.29 is 4.74 Å². The maximum absolute atomic E-state index is 5.18. The Morgan fingerprint density at radius 1 is 1.36 bits per heavy atom. The number of hydrogen-bond acceptors (Lipinski definition) is 5. The highest BCUT2D eigenvalue weighted by molar-refractivity contribution is 5.85. The Morgan fingerprint density at radius 3 is 2.55 bits per heavy atom. The Hall–Kier alpha value is -0.940. The van der Waals surface area contributed by atoms with Crippen LogP contribution in [0.2, 0.25) is 0 Å². The molecule has 2 N–H and O–H groups in total. The Kier molecular flexibility index (Phi) is 5.32. The van der Waals surface area contributed by atoms with Crippen LogP contribution in [0.25, 0.3) is 0 Å². The summed E-state index contributed by atoms with van der Waals surface area (Å²) in [5.74, 6) is 0. The van der Waals surface area contributed by atoms with Gasteiger partial charge in [0.15, 0.2) is 0 Å². The molecule has 5 nitrogen and oxygen atoms in total. The largest absolute Gasteiger partial charge is 0.462 e. The fraction of sp³-hybridized carbons (Fsp3) is 0.400. The van der Waals surface area contributed by atoms with Crippen LogP contribution in [-0.2, 0) is 0 Å². The van der Waals surface area contributed by atoms with Crippen LogP contribution in [-0.4, -0.2) is 28.1 Å². The van der Waals surface area contributed by atoms with Gasteiger partial charge in [0.25, 0.3) is 0 Å². The lowest BCUT2D eigenvalue weighted by Crippen LogP contribution is -2.11. The van der Waals surface area contributed by atoms with Gasteiger partial charge in [-0.15, -0.1) is 12.4 Å². The van der Waals surface area contributed by atoms with Gasteiger partial charge in [-0.05, 0) is 0 Å². The highest BCUT2D eigenvalue weighted by Gasteiger charge is 1.90. The summed E-state index contributed by atoms with van der Waals surface area (Å²) in [6.45, 7) is 0.899. The van der Waals surface area contributed by atoms with E-state index in [1.54, 1.807) is 0 Å². The second-order valence-electron chi connectivity index (χ2n) is 1.56. The minimum Gasteiger partial charge on any atom is -0.462 e. The number of rotatable bonds is 3. The summed E-state index contributed by atoms with van der Waals surface area (Å²) in [7, 11) is 0. The van der Waals surface area contributed by atoms with E-state index in [4.69, 9.17) is 10.5 Å². The van der Waals surface area contributed by atoms with Crippen molar-refractivity contribution in [1.29, 1.82) is 0 Å². The quantitative estimate of drug-likeness (QED) is 0.681. The molecule has 1 rings (SSSR count). The number of hydrogen-bond donors (Lipinski definition) is 1. The standard InChI is InChI=1S/C5H8N4O.ClH/c6-1-2-10-5-8-3-7-4-9-5;/h3-4H,1-2,6H2;1H. The summed E-state index contributed by atoms with van der Waals surface area (Å²) >= 11 is 0. The Bertz CT molecular complexity index is 183. The van der Waals surface area contributed by atoms with E-state index in [0.29, 0.717) is 19.2 Å². The van der Waals surface area contributed by atoms with Gasteiger partial charge in [0.2, 0.25) is 0 Å². The smallest absolute Gasteiger partial charge is 0.319 e. The van der Waals surface area contributed by atoms with Crippen molar-refractivity contribution in [3.8, 4) is 6.01 Å². The van der Waals surface area contributed by atoms with Crippen molar-refractivity contribution >= 4 is 12.4 Å². The van der Waals surface area contributed by atoms with Gasteiger partial charge >= 0.3 is 6.01 Å². The van der Waals surface area contributed by atoms with Crippen LogP contribution in [0.3, 0.4) is 0 Å². The van der Waals surface area contributed by atoms with Crippen molar-refractivity contribution in [1.82, 2.24) is 15.0 Å². The summed E-state index contributed by atoms with van der Waals surface area (Å²) in [4.78, 5) is 11.1. The number of ether oxygens (including phenoxy) is 1. The minimum atomic E-state index is 0. The maximum Gasteiger partial charge on any atom is 0.319 e. The Labute approximate surface area is 70.4 Å². The van der Waals surface area contributed by atoms with E-state index < -0.39 is 0 Å². The molecular weight excluding hydrogens is 168 g/mol. The molecule has 1 aromatic heterocycles. The van der Waals surface area contributed by atoms with Crippen LogP contribution in [0, 0.1) is 0 Å². The van der Waals surface area contributed by atoms with E-state index in [1.165, 1.54) is 12.7 Å². The number of nitrogens with two attached hydrogens (primary N) is 1. The van der Waals surface area contributed by atoms with Crippen LogP contribution in [0.4, 0.5) is 0 Å². The highest BCUT2D eigenvalue weighted by atomic mass is 35.5. The van der Waals surface area contributed by atoms with E-state index >= 15 is 0 Å². The third kappa shape index (κ3) is 3.69. The van der Waals surface area contributed by atoms with Gasteiger partial charge in [0, 0.05) is 6.54 Å². The number of nitrogens with zero attached hydrogens (tertiary/aromatic N) is 3. The lowest BCUT2D eigenvalue weighted by molar-refractivity contribution is 0.301. The first-order valence-electron chi connectivity index (χ1n) is 2.88. The highest BCUT2D eigenvalue weighted by Crippen LogP contribution is 1.93. The van der Waals surface area contributed by atoms with Gasteiger partial charge in [-0.2, -0.15) is 9.97 Å². The molecule has 0 aliphatic heterocycles. The van der Waals surface area contributed by atoms with Crippen LogP contribution in [0.1, 0.15) is 0 Å². The van der Waals surface area contributed by atoms with Gasteiger partial charge in [-0.25, -0.2) is 4.98 Å². The molecule has 0 saturated carbocycles. The van der Waals surface area contributed by atoms with Crippen LogP contribution in [0.15, 0.2) is 12.7 Å². The van der Waals surface area contributed by atoms with E-state index in [1.807, 2.05) is 0 Å². The van der Waals surface area contributed by atoms with E-state index in [-0.39, 0.29) is 12.4 Å². The van der Waals surface area contributed by atoms with Gasteiger partial charge in [-0.1, -0.05) is 0 Å². The summed E-state index contributed by atoms with van der Waals surface area (Å²) in [5, 5.41) is 0. The first kappa shape index (κ1) is 10.1. The lowest BCUT2D eigenvalue weighted by atomic mass is 10.7. The van der Waals surface area contributed by atoms with Gasteiger partial charge in [0.1, 0.15) is 19.3 Å². The normalized spacial score (nSPS) is 8.45. The second-order valence-corrected chi connectivity index (χ2v) is 1.56. The van der Waals surface area contributed by atoms with Gasteiger partial charge < -0.3 is 10.5 Å². The molecule has 0 unspecified atom stereocenters. The van der Waals surface area contributed by atoms with Crippen molar-refractivity contribution in [3.05, 3.63) is 12.7 Å². The zero-order valence-corrected chi connectivity index (χ0v) is 6.62. The van der Waals surface area contributed by atoms with E-state index in [9.17, 15) is 0 Å². The van der Waals surface area contributed by atoms with Crippen molar-refractivity contribution in [2.45, 2.75) is 0 Å². The number of aromatic nitrogens is 3. The first-order valence-corrected chi connectivity index (χ1v) is 2.88. The first-order chi connectivity index (χ1) is 4.93. The molecule has 0 aromatic carbocycles. The van der Waals surface area contributed by atoms with Crippen LogP contribution >= 0.6 is 12.4 Å². The average Bonchev–Trinajstić information content (AvgIpc) is 2.03. The van der Waals surface area contributed by atoms with E-state index in [2.05, 4.69) is 15.0 Å². The maximum atomic E-state index is 5.18. The monoisotopic (exact) mass is 176 g/mol. The Morgan fingerprint density at radius 2 is 2.00 bits per heavy atom. The molecule has 0 saturated heterocycles. The molecule has 0 amide bonds. The molecular formula is C5H9ClN4O. The molecule has 0 atom stereocenters. The summed E-state index contributed by atoms with van der Waals surface area (Å²) < 4.78 is 4.97. The molecule has 0 fully saturated rings. The summed E-state index contributed by atoms with van der Waals surface area (Å²) in [6.07, 6.45) is 2.75. The summed E-state index contributed by atoms with van der Waals surface area (Å²) in [5.41, 5.74) is 5.18. The Balaban J connectivity index is 0.000001000. The topological polar surface area (TPSA) is 73.9 Å². The molecule has 0 bridgehead atoms. The fourth-order valence-corrected chi connectivity index (χ4v) is 0.453. The van der Waals surface area contributed by atoms with Gasteiger partial charge in [-0.3, -0.25) is 0 Å². The molecule has 0 aliphatic carbocycles. The molecule has 11 heavy (non-hydrogen) atoms. The third-order valence-electron chi connectivity index (χ3n) is 0.819. The molecule has 6 heteroatoms. The van der Waals surface area contributed by atoms with Gasteiger partial charge in [0.05, 0.1) is 0 Å². The molecule has 1 aromatic rings. The fourth-order valence-electron chi connectivity index (χ4n) is 0.453. The zero-order valence-electron chi connectivity index (χ0n) is 5.80. The molecule has 0 aliphatic rings. The molecule has 0 spiro atoms. The lowest BCUT2D eigenvalue weighted by Gasteiger charge is -1.98. The average molecular weight is 177 g/mol. The molecule has 1 heterocycles. The minimum absolute atomic E-state index is 0. The summed E-state index contributed by atoms with van der Waals surface area (Å²) in [6, 6.07) is 0.320. The number of halogens is 1. The third-order valence-corrected chi connectivity index (χ3v) is 0.819. The second kappa shape index (κ2) is 5.82. The van der Waals surface area contributed by atoms with E-state index in [0.717, 1.165) is 0 Å². The van der Waals surface area contributed by atoms with Crippen LogP contribution < -0.4 is 10.5 Å². The molecule has 62 valence electrons. The predicted molar refractivity (Wildman–Crippen MR) is 41.6 cm³/mol.